The van der Waals surface area contributed by atoms with Crippen LogP contribution in [0.3, 0.4) is 0 Å². The summed E-state index contributed by atoms with van der Waals surface area (Å²) in [5.41, 5.74) is 7.48. The van der Waals surface area contributed by atoms with Gasteiger partial charge in [0.25, 0.3) is 0 Å². The van der Waals surface area contributed by atoms with E-state index in [1.54, 1.807) is 0 Å². The molecular formula is C7H14KN. The summed E-state index contributed by atoms with van der Waals surface area (Å²) in [5, 5.41) is 0. The number of hydrogen-bond acceptors (Lipinski definition) is 0. The average Bonchev–Trinajstić information content (AvgIpc) is 1.77. The van der Waals surface area contributed by atoms with Crippen LogP contribution in [0.15, 0.2) is 0 Å². The van der Waals surface area contributed by atoms with E-state index in [0.29, 0.717) is 5.92 Å². The third kappa shape index (κ3) is 3.49. The molecule has 9 heavy (non-hydrogen) atoms. The largest absolute Gasteiger partial charge is 1.00 e. The van der Waals surface area contributed by atoms with Crippen molar-refractivity contribution in [2.45, 2.75) is 38.6 Å². The molecule has 1 fully saturated rings. The normalized spacial score (nSPS) is 35.3. The van der Waals surface area contributed by atoms with Crippen LogP contribution in [0, 0.1) is 5.92 Å². The molecule has 1 N–H and O–H groups in total. The van der Waals surface area contributed by atoms with Crippen LogP contribution in [-0.2, 0) is 0 Å². The van der Waals surface area contributed by atoms with E-state index in [9.17, 15) is 0 Å². The van der Waals surface area contributed by atoms with Crippen LogP contribution in [0.1, 0.15) is 32.6 Å². The third-order valence-corrected chi connectivity index (χ3v) is 2.11. The zero-order valence-corrected chi connectivity index (χ0v) is 9.61. The summed E-state index contributed by atoms with van der Waals surface area (Å²) in [5.74, 6) is 0.670. The SMILES string of the molecule is C[C@@H]1CCCC[C@@H]1[NH-].[K+]. The van der Waals surface area contributed by atoms with E-state index in [1.165, 1.54) is 19.3 Å². The van der Waals surface area contributed by atoms with Crippen molar-refractivity contribution in [1.29, 1.82) is 0 Å². The van der Waals surface area contributed by atoms with Crippen molar-refractivity contribution >= 4 is 0 Å². The average molecular weight is 151 g/mol. The van der Waals surface area contributed by atoms with Crippen molar-refractivity contribution in [3.05, 3.63) is 5.73 Å². The maximum Gasteiger partial charge on any atom is 1.00 e. The molecular weight excluding hydrogens is 137 g/mol. The first-order chi connectivity index (χ1) is 3.80. The molecule has 48 valence electrons. The maximum absolute atomic E-state index is 7.48. The first kappa shape index (κ1) is 10.6. The third-order valence-electron chi connectivity index (χ3n) is 2.11. The second kappa shape index (κ2) is 5.27. The van der Waals surface area contributed by atoms with Gasteiger partial charge >= 0.3 is 51.4 Å². The van der Waals surface area contributed by atoms with Crippen LogP contribution in [0.25, 0.3) is 5.73 Å². The van der Waals surface area contributed by atoms with Gasteiger partial charge in [-0.3, -0.25) is 0 Å². The van der Waals surface area contributed by atoms with Gasteiger partial charge in [0.1, 0.15) is 0 Å². The van der Waals surface area contributed by atoms with Crippen molar-refractivity contribution in [2.75, 3.05) is 0 Å². The Labute approximate surface area is 100 Å². The Morgan fingerprint density at radius 1 is 1.22 bits per heavy atom. The molecule has 0 aliphatic heterocycles. The second-order valence-corrected chi connectivity index (χ2v) is 2.87. The molecule has 0 aromatic carbocycles. The summed E-state index contributed by atoms with van der Waals surface area (Å²) in [4.78, 5) is 0. The number of rotatable bonds is 0. The molecule has 1 rings (SSSR count). The monoisotopic (exact) mass is 151 g/mol. The summed E-state index contributed by atoms with van der Waals surface area (Å²) >= 11 is 0. The number of hydrogen-bond donors (Lipinski definition) is 0. The summed E-state index contributed by atoms with van der Waals surface area (Å²) < 4.78 is 0. The fraction of sp³-hybridized carbons (Fsp3) is 1.00. The van der Waals surface area contributed by atoms with Crippen molar-refractivity contribution in [3.8, 4) is 0 Å². The van der Waals surface area contributed by atoms with Gasteiger partial charge < -0.3 is 5.73 Å². The van der Waals surface area contributed by atoms with Gasteiger partial charge in [0.15, 0.2) is 0 Å². The molecule has 0 spiro atoms. The van der Waals surface area contributed by atoms with Crippen molar-refractivity contribution in [2.24, 2.45) is 5.92 Å². The Bertz CT molecular complexity index is 65.3. The summed E-state index contributed by atoms with van der Waals surface area (Å²) in [6.45, 7) is 2.19. The summed E-state index contributed by atoms with van der Waals surface area (Å²) in [6.07, 6.45) is 5.07. The first-order valence-electron chi connectivity index (χ1n) is 3.52. The molecule has 0 saturated heterocycles. The Morgan fingerprint density at radius 3 is 2.11 bits per heavy atom. The van der Waals surface area contributed by atoms with Gasteiger partial charge in [0.2, 0.25) is 0 Å². The first-order valence-corrected chi connectivity index (χ1v) is 3.52. The van der Waals surface area contributed by atoms with E-state index < -0.39 is 0 Å². The van der Waals surface area contributed by atoms with E-state index in [2.05, 4.69) is 6.92 Å². The minimum atomic E-state index is 0. The zero-order valence-electron chi connectivity index (χ0n) is 6.48. The van der Waals surface area contributed by atoms with Gasteiger partial charge in [-0.2, -0.15) is 0 Å². The Hall–Kier alpha value is 1.60. The standard InChI is InChI=1S/C7H14N.K/c1-6-4-2-3-5-7(6)8;/h6-8H,2-5H2,1H3;/q-1;+1/t6-,7+;/m1./s1. The molecule has 1 nitrogen and oxygen atoms in total. The number of nitrogens with one attached hydrogen (secondary N) is 1. The zero-order chi connectivity index (χ0) is 5.98. The van der Waals surface area contributed by atoms with Gasteiger partial charge in [0.05, 0.1) is 0 Å². The Balaban J connectivity index is 0.000000640. The van der Waals surface area contributed by atoms with Crippen LogP contribution < -0.4 is 51.4 Å². The summed E-state index contributed by atoms with van der Waals surface area (Å²) in [6, 6.07) is 0.253. The van der Waals surface area contributed by atoms with Gasteiger partial charge in [-0.15, -0.1) is 6.04 Å². The molecule has 0 amide bonds. The van der Waals surface area contributed by atoms with Crippen LogP contribution in [-0.4, -0.2) is 6.04 Å². The van der Waals surface area contributed by atoms with Crippen LogP contribution in [0.4, 0.5) is 0 Å². The molecule has 2 heteroatoms. The topological polar surface area (TPSA) is 23.8 Å². The fourth-order valence-electron chi connectivity index (χ4n) is 1.32. The van der Waals surface area contributed by atoms with Crippen molar-refractivity contribution < 1.29 is 51.4 Å². The Morgan fingerprint density at radius 2 is 1.78 bits per heavy atom. The van der Waals surface area contributed by atoms with Crippen LogP contribution >= 0.6 is 0 Å². The van der Waals surface area contributed by atoms with Gasteiger partial charge in [-0.1, -0.05) is 38.5 Å². The van der Waals surface area contributed by atoms with E-state index >= 15 is 0 Å². The van der Waals surface area contributed by atoms with E-state index in [0.717, 1.165) is 6.42 Å². The fourth-order valence-corrected chi connectivity index (χ4v) is 1.32. The van der Waals surface area contributed by atoms with E-state index in [-0.39, 0.29) is 57.4 Å². The quantitative estimate of drug-likeness (QED) is 0.422. The van der Waals surface area contributed by atoms with Gasteiger partial charge in [0, 0.05) is 0 Å². The molecule has 0 heterocycles. The minimum absolute atomic E-state index is 0. The minimum Gasteiger partial charge on any atom is -0.674 e. The smallest absolute Gasteiger partial charge is 0.674 e. The molecule has 1 aliphatic carbocycles. The molecule has 0 bridgehead atoms. The van der Waals surface area contributed by atoms with Crippen molar-refractivity contribution in [3.63, 3.8) is 0 Å². The molecule has 0 unspecified atom stereocenters. The molecule has 0 radical (unpaired) electrons. The molecule has 0 aromatic rings. The molecule has 1 aliphatic rings. The predicted molar refractivity (Wildman–Crippen MR) is 35.7 cm³/mol. The van der Waals surface area contributed by atoms with E-state index in [1.807, 2.05) is 0 Å². The van der Waals surface area contributed by atoms with Crippen LogP contribution in [0.5, 0.6) is 0 Å². The van der Waals surface area contributed by atoms with Crippen molar-refractivity contribution in [1.82, 2.24) is 0 Å². The van der Waals surface area contributed by atoms with Crippen LogP contribution in [0.2, 0.25) is 0 Å². The van der Waals surface area contributed by atoms with Gasteiger partial charge in [-0.05, 0) is 0 Å². The molecule has 1 saturated carbocycles. The second-order valence-electron chi connectivity index (χ2n) is 2.87. The maximum atomic E-state index is 7.48. The van der Waals surface area contributed by atoms with Gasteiger partial charge in [-0.25, -0.2) is 0 Å². The predicted octanol–water partition coefficient (Wildman–Crippen LogP) is -0.379. The molecule has 2 atom stereocenters. The Kier molecular flexibility index (Phi) is 6.21. The van der Waals surface area contributed by atoms with E-state index in [4.69, 9.17) is 5.73 Å². The molecule has 0 aromatic heterocycles. The summed E-state index contributed by atoms with van der Waals surface area (Å²) in [7, 11) is 0.